The lowest BCUT2D eigenvalue weighted by Gasteiger charge is -2.40. The molecule has 1 saturated carbocycles. The summed E-state index contributed by atoms with van der Waals surface area (Å²) in [4.78, 5) is 26.4. The van der Waals surface area contributed by atoms with Crippen molar-refractivity contribution in [2.45, 2.75) is 123 Å². The zero-order chi connectivity index (χ0) is 42.0. The molecule has 10 nitrogen and oxygen atoms in total. The lowest BCUT2D eigenvalue weighted by Crippen LogP contribution is -2.45. The van der Waals surface area contributed by atoms with Crippen LogP contribution in [-0.2, 0) is 28.4 Å². The molecule has 10 heteroatoms. The zero-order valence-corrected chi connectivity index (χ0v) is 36.6. The summed E-state index contributed by atoms with van der Waals surface area (Å²) in [6.45, 7) is 14.3. The summed E-state index contributed by atoms with van der Waals surface area (Å²) in [5, 5.41) is 1.98. The molecule has 3 aromatic rings. The molecule has 3 aromatic carbocycles. The fourth-order valence-corrected chi connectivity index (χ4v) is 8.28. The highest BCUT2D eigenvalue weighted by molar-refractivity contribution is 5.96. The molecule has 0 bridgehead atoms. The second-order valence-corrected chi connectivity index (χ2v) is 17.5. The number of carbonyl (C=O) groups excluding carboxylic acids is 2. The Bertz CT molecular complexity index is 1740. The molecule has 2 saturated heterocycles. The molecule has 330 valence electrons. The normalized spacial score (nSPS) is 20.5. The maximum atomic E-state index is 13.3. The molecule has 0 aromatic heterocycles. The van der Waals surface area contributed by atoms with Gasteiger partial charge >= 0.3 is 11.9 Å². The van der Waals surface area contributed by atoms with Gasteiger partial charge in [0.2, 0.25) is 0 Å². The third-order valence-electron chi connectivity index (χ3n) is 12.9. The van der Waals surface area contributed by atoms with E-state index in [4.69, 9.17) is 37.9 Å². The van der Waals surface area contributed by atoms with Crippen molar-refractivity contribution in [3.05, 3.63) is 71.8 Å². The molecule has 3 fully saturated rings. The first-order valence-corrected chi connectivity index (χ1v) is 23.0. The summed E-state index contributed by atoms with van der Waals surface area (Å²) in [5.41, 5.74) is 1.54. The molecule has 60 heavy (non-hydrogen) atoms. The molecule has 2 aliphatic heterocycles. The number of fused-ring (bicyclic) bond motifs is 1. The topological polar surface area (TPSA) is 108 Å². The Morgan fingerprint density at radius 3 is 1.67 bits per heavy atom. The third-order valence-corrected chi connectivity index (χ3v) is 12.9. The predicted octanol–water partition coefficient (Wildman–Crippen LogP) is 10.6. The van der Waals surface area contributed by atoms with Gasteiger partial charge in [-0.1, -0.05) is 45.7 Å². The van der Waals surface area contributed by atoms with E-state index in [1.54, 1.807) is 12.1 Å². The number of esters is 2. The van der Waals surface area contributed by atoms with Crippen molar-refractivity contribution in [3.8, 4) is 11.5 Å². The van der Waals surface area contributed by atoms with E-state index in [0.717, 1.165) is 146 Å². The summed E-state index contributed by atoms with van der Waals surface area (Å²) in [6.07, 6.45) is 13.1. The zero-order valence-electron chi connectivity index (χ0n) is 36.6. The van der Waals surface area contributed by atoms with Crippen LogP contribution in [0.25, 0.3) is 10.8 Å². The van der Waals surface area contributed by atoms with Crippen LogP contribution in [0.15, 0.2) is 60.7 Å². The number of benzene rings is 3. The number of hydrogen-bond donors (Lipinski definition) is 0. The third kappa shape index (κ3) is 13.4. The van der Waals surface area contributed by atoms with Crippen molar-refractivity contribution in [2.24, 2.45) is 16.7 Å². The molecule has 0 N–H and O–H groups in total. The molecular formula is C50H70O10. The monoisotopic (exact) mass is 830 g/mol. The van der Waals surface area contributed by atoms with E-state index in [1.165, 1.54) is 0 Å². The Morgan fingerprint density at radius 2 is 1.10 bits per heavy atom. The highest BCUT2D eigenvalue weighted by Crippen LogP contribution is 2.34. The SMILES string of the molecule is CC[C@H]1C[C@@H](OC(=O)c2ccc3cc(OCCCCCCOCC4(CC)COC4)ccc3c2)CC[C@@H]1OC(=O)c1ccc(OCCCCCCOCC2(CC)COC2)cc1. The van der Waals surface area contributed by atoms with Gasteiger partial charge in [0.15, 0.2) is 0 Å². The van der Waals surface area contributed by atoms with Crippen molar-refractivity contribution >= 4 is 22.7 Å². The second-order valence-electron chi connectivity index (χ2n) is 17.5. The summed E-state index contributed by atoms with van der Waals surface area (Å²) in [5.74, 6) is 1.02. The van der Waals surface area contributed by atoms with E-state index in [0.29, 0.717) is 43.6 Å². The summed E-state index contributed by atoms with van der Waals surface area (Å²) in [7, 11) is 0. The minimum Gasteiger partial charge on any atom is -0.494 e. The van der Waals surface area contributed by atoms with Crippen LogP contribution < -0.4 is 9.47 Å². The van der Waals surface area contributed by atoms with Crippen LogP contribution in [0.2, 0.25) is 0 Å². The molecule has 6 rings (SSSR count). The second kappa shape index (κ2) is 23.5. The molecule has 2 heterocycles. The van der Waals surface area contributed by atoms with Crippen molar-refractivity contribution < 1.29 is 47.5 Å². The molecule has 0 spiro atoms. The maximum absolute atomic E-state index is 13.3. The Balaban J connectivity index is 0.835. The van der Waals surface area contributed by atoms with E-state index in [9.17, 15) is 9.59 Å². The van der Waals surface area contributed by atoms with Crippen molar-refractivity contribution in [2.75, 3.05) is 66.1 Å². The standard InChI is InChI=1S/C50H70O10/c1-4-38-30-45(23-24-46(38)60-47(51)39-17-20-43(21-18-39)57-27-13-9-7-11-25-53-32-49(5-2)34-55-35-49)59-48(52)42-16-15-41-31-44(22-19-40(41)29-42)58-28-14-10-8-12-26-54-33-50(6-3)36-56-37-50/h15-22,29,31,38,45-46H,4-14,23-28,30,32-37H2,1-3H3/t38-,45-,46-/m0/s1. The summed E-state index contributed by atoms with van der Waals surface area (Å²) < 4.78 is 46.6. The van der Waals surface area contributed by atoms with Crippen LogP contribution in [0.1, 0.15) is 131 Å². The number of ether oxygens (including phenoxy) is 8. The van der Waals surface area contributed by atoms with Crippen LogP contribution in [-0.4, -0.2) is 90.2 Å². The molecule has 0 unspecified atom stereocenters. The average Bonchev–Trinajstić information content (AvgIpc) is 3.24. The largest absolute Gasteiger partial charge is 0.494 e. The molecule has 0 amide bonds. The fraction of sp³-hybridized carbons (Fsp3) is 0.640. The Kier molecular flexibility index (Phi) is 17.9. The van der Waals surface area contributed by atoms with Crippen LogP contribution in [0, 0.1) is 16.7 Å². The van der Waals surface area contributed by atoms with Gasteiger partial charge in [-0.05, 0) is 142 Å². The van der Waals surface area contributed by atoms with Crippen LogP contribution in [0.3, 0.4) is 0 Å². The number of carbonyl (C=O) groups is 2. The van der Waals surface area contributed by atoms with Crippen LogP contribution >= 0.6 is 0 Å². The van der Waals surface area contributed by atoms with E-state index >= 15 is 0 Å². The van der Waals surface area contributed by atoms with E-state index in [1.807, 2.05) is 48.5 Å². The van der Waals surface area contributed by atoms with Crippen LogP contribution in [0.4, 0.5) is 0 Å². The summed E-state index contributed by atoms with van der Waals surface area (Å²) >= 11 is 0. The van der Waals surface area contributed by atoms with Gasteiger partial charge < -0.3 is 37.9 Å². The van der Waals surface area contributed by atoms with Gasteiger partial charge in [0, 0.05) is 24.0 Å². The van der Waals surface area contributed by atoms with Gasteiger partial charge in [0.25, 0.3) is 0 Å². The van der Waals surface area contributed by atoms with E-state index in [2.05, 4.69) is 20.8 Å². The molecular weight excluding hydrogens is 761 g/mol. The first-order valence-electron chi connectivity index (χ1n) is 23.0. The van der Waals surface area contributed by atoms with Crippen molar-refractivity contribution in [3.63, 3.8) is 0 Å². The lowest BCUT2D eigenvalue weighted by molar-refractivity contribution is -0.150. The molecule has 1 aliphatic carbocycles. The maximum Gasteiger partial charge on any atom is 0.338 e. The van der Waals surface area contributed by atoms with Gasteiger partial charge in [-0.25, -0.2) is 9.59 Å². The first kappa shape index (κ1) is 45.8. The smallest absolute Gasteiger partial charge is 0.338 e. The van der Waals surface area contributed by atoms with Crippen LogP contribution in [0.5, 0.6) is 11.5 Å². The van der Waals surface area contributed by atoms with Gasteiger partial charge in [0.1, 0.15) is 23.7 Å². The van der Waals surface area contributed by atoms with Crippen molar-refractivity contribution in [1.29, 1.82) is 0 Å². The van der Waals surface area contributed by atoms with Gasteiger partial charge in [0.05, 0.1) is 64.0 Å². The Labute approximate surface area is 358 Å². The van der Waals surface area contributed by atoms with Gasteiger partial charge in [-0.3, -0.25) is 0 Å². The number of hydrogen-bond acceptors (Lipinski definition) is 10. The molecule has 3 aliphatic rings. The Morgan fingerprint density at radius 1 is 0.583 bits per heavy atom. The number of unbranched alkanes of at least 4 members (excludes halogenated alkanes) is 6. The minimum absolute atomic E-state index is 0.107. The van der Waals surface area contributed by atoms with E-state index in [-0.39, 0.29) is 40.9 Å². The summed E-state index contributed by atoms with van der Waals surface area (Å²) in [6, 6.07) is 18.9. The van der Waals surface area contributed by atoms with Gasteiger partial charge in [-0.2, -0.15) is 0 Å². The first-order chi connectivity index (χ1) is 29.3. The molecule has 0 radical (unpaired) electrons. The van der Waals surface area contributed by atoms with Gasteiger partial charge in [-0.15, -0.1) is 0 Å². The fourth-order valence-electron chi connectivity index (χ4n) is 8.28. The molecule has 3 atom stereocenters. The quantitative estimate of drug-likeness (QED) is 0.0544. The average molecular weight is 831 g/mol. The highest BCUT2D eigenvalue weighted by atomic mass is 16.6. The lowest BCUT2D eigenvalue weighted by atomic mass is 9.83. The van der Waals surface area contributed by atoms with Crippen molar-refractivity contribution in [1.82, 2.24) is 0 Å². The minimum atomic E-state index is -0.334. The predicted molar refractivity (Wildman–Crippen MR) is 233 cm³/mol. The number of rotatable bonds is 27. The highest BCUT2D eigenvalue weighted by Gasteiger charge is 2.38. The van der Waals surface area contributed by atoms with E-state index < -0.39 is 0 Å². The Hall–Kier alpha value is -3.70.